The second kappa shape index (κ2) is 9.47. The van der Waals surface area contributed by atoms with Crippen LogP contribution in [-0.4, -0.2) is 19.3 Å². The Hall–Kier alpha value is -0.0800. The maximum Gasteiger partial charge on any atom is 0.0722 e. The molecule has 0 saturated heterocycles. The first-order valence-corrected chi connectivity index (χ1v) is 6.04. The van der Waals surface area contributed by atoms with E-state index in [1.54, 1.807) is 7.11 Å². The molecule has 0 aromatic carbocycles. The van der Waals surface area contributed by atoms with E-state index in [-0.39, 0.29) is 12.1 Å². The molecule has 2 N–H and O–H groups in total. The number of methoxy groups -OCH3 is 1. The molecule has 0 aromatic heterocycles. The maximum absolute atomic E-state index is 6.07. The van der Waals surface area contributed by atoms with Crippen molar-refractivity contribution >= 4 is 0 Å². The van der Waals surface area contributed by atoms with Crippen LogP contribution in [0.5, 0.6) is 0 Å². The molecule has 2 unspecified atom stereocenters. The molecule has 0 rings (SSSR count). The van der Waals surface area contributed by atoms with Crippen LogP contribution in [0.25, 0.3) is 0 Å². The summed E-state index contributed by atoms with van der Waals surface area (Å²) in [6, 6.07) is 0.233. The Morgan fingerprint density at radius 1 is 1.00 bits per heavy atom. The number of hydrogen-bond donors (Lipinski definition) is 1. The van der Waals surface area contributed by atoms with E-state index in [9.17, 15) is 0 Å². The van der Waals surface area contributed by atoms with Crippen LogP contribution in [0.1, 0.15) is 58.8 Å². The maximum atomic E-state index is 6.07. The summed E-state index contributed by atoms with van der Waals surface area (Å²) in [5.41, 5.74) is 6.07. The van der Waals surface area contributed by atoms with Gasteiger partial charge in [0.1, 0.15) is 0 Å². The van der Waals surface area contributed by atoms with Crippen LogP contribution in [0.15, 0.2) is 0 Å². The first-order chi connectivity index (χ1) is 6.76. The fraction of sp³-hybridized carbons (Fsp3) is 1.00. The van der Waals surface area contributed by atoms with Gasteiger partial charge in [-0.3, -0.25) is 0 Å². The molecular weight excluding hydrogens is 174 g/mol. The van der Waals surface area contributed by atoms with Crippen molar-refractivity contribution in [1.29, 1.82) is 0 Å². The quantitative estimate of drug-likeness (QED) is 0.582. The summed E-state index contributed by atoms with van der Waals surface area (Å²) in [5, 5.41) is 0. The van der Waals surface area contributed by atoms with E-state index >= 15 is 0 Å². The van der Waals surface area contributed by atoms with Crippen molar-refractivity contribution in [1.82, 2.24) is 0 Å². The molecule has 14 heavy (non-hydrogen) atoms. The Balaban J connectivity index is 3.52. The highest BCUT2D eigenvalue weighted by atomic mass is 16.5. The highest BCUT2D eigenvalue weighted by Gasteiger charge is 2.15. The standard InChI is InChI=1S/C12H27NO/c1-4-6-7-8-10-11(13)12(14-3)9-5-2/h11-12H,4-10,13H2,1-3H3. The number of hydrogen-bond acceptors (Lipinski definition) is 2. The normalized spacial score (nSPS) is 15.4. The van der Waals surface area contributed by atoms with Gasteiger partial charge in [-0.05, 0) is 12.8 Å². The van der Waals surface area contributed by atoms with Crippen LogP contribution in [0.4, 0.5) is 0 Å². The first kappa shape index (κ1) is 13.9. The zero-order valence-electron chi connectivity index (χ0n) is 10.1. The topological polar surface area (TPSA) is 35.2 Å². The van der Waals surface area contributed by atoms with E-state index < -0.39 is 0 Å². The molecule has 0 bridgehead atoms. The zero-order chi connectivity index (χ0) is 10.8. The number of nitrogens with two attached hydrogens (primary N) is 1. The minimum Gasteiger partial charge on any atom is -0.380 e. The summed E-state index contributed by atoms with van der Waals surface area (Å²) < 4.78 is 5.38. The van der Waals surface area contributed by atoms with E-state index in [0.29, 0.717) is 0 Å². The summed E-state index contributed by atoms with van der Waals surface area (Å²) in [5.74, 6) is 0. The molecule has 2 heteroatoms. The molecule has 0 fully saturated rings. The Morgan fingerprint density at radius 2 is 1.71 bits per heavy atom. The summed E-state index contributed by atoms with van der Waals surface area (Å²) in [7, 11) is 1.77. The molecule has 2 nitrogen and oxygen atoms in total. The molecule has 0 spiro atoms. The average molecular weight is 201 g/mol. The third-order valence-corrected chi connectivity index (χ3v) is 2.74. The van der Waals surface area contributed by atoms with Gasteiger partial charge in [0.2, 0.25) is 0 Å². The Morgan fingerprint density at radius 3 is 2.21 bits per heavy atom. The zero-order valence-corrected chi connectivity index (χ0v) is 10.1. The summed E-state index contributed by atoms with van der Waals surface area (Å²) in [6.45, 7) is 4.41. The minimum atomic E-state index is 0.233. The van der Waals surface area contributed by atoms with E-state index in [1.165, 1.54) is 25.7 Å². The van der Waals surface area contributed by atoms with Crippen molar-refractivity contribution in [2.45, 2.75) is 70.9 Å². The molecule has 0 saturated carbocycles. The van der Waals surface area contributed by atoms with Crippen molar-refractivity contribution in [2.24, 2.45) is 5.73 Å². The molecule has 0 aliphatic heterocycles. The lowest BCUT2D eigenvalue weighted by molar-refractivity contribution is 0.0694. The molecule has 0 amide bonds. The fourth-order valence-electron chi connectivity index (χ4n) is 1.78. The van der Waals surface area contributed by atoms with Gasteiger partial charge in [0.05, 0.1) is 6.10 Å². The molecule has 86 valence electrons. The van der Waals surface area contributed by atoms with Crippen LogP contribution in [0, 0.1) is 0 Å². The van der Waals surface area contributed by atoms with Crippen LogP contribution >= 0.6 is 0 Å². The van der Waals surface area contributed by atoms with E-state index in [2.05, 4.69) is 13.8 Å². The lowest BCUT2D eigenvalue weighted by atomic mass is 10.0. The van der Waals surface area contributed by atoms with Crippen LogP contribution in [0.2, 0.25) is 0 Å². The van der Waals surface area contributed by atoms with Gasteiger partial charge in [-0.15, -0.1) is 0 Å². The van der Waals surface area contributed by atoms with Gasteiger partial charge in [0.25, 0.3) is 0 Å². The predicted octanol–water partition coefficient (Wildman–Crippen LogP) is 3.10. The van der Waals surface area contributed by atoms with Crippen LogP contribution < -0.4 is 5.73 Å². The third kappa shape index (κ3) is 6.39. The predicted molar refractivity (Wildman–Crippen MR) is 62.4 cm³/mol. The summed E-state index contributed by atoms with van der Waals surface area (Å²) >= 11 is 0. The van der Waals surface area contributed by atoms with E-state index in [0.717, 1.165) is 19.3 Å². The van der Waals surface area contributed by atoms with Crippen molar-refractivity contribution in [3.63, 3.8) is 0 Å². The Bertz CT molecular complexity index is 117. The monoisotopic (exact) mass is 201 g/mol. The van der Waals surface area contributed by atoms with Crippen molar-refractivity contribution in [3.8, 4) is 0 Å². The molecule has 0 radical (unpaired) electrons. The first-order valence-electron chi connectivity index (χ1n) is 6.04. The van der Waals surface area contributed by atoms with Gasteiger partial charge in [0.15, 0.2) is 0 Å². The molecule has 0 heterocycles. The van der Waals surface area contributed by atoms with Gasteiger partial charge in [-0.1, -0.05) is 46.0 Å². The van der Waals surface area contributed by atoms with Crippen molar-refractivity contribution in [3.05, 3.63) is 0 Å². The third-order valence-electron chi connectivity index (χ3n) is 2.74. The van der Waals surface area contributed by atoms with Gasteiger partial charge in [0, 0.05) is 13.2 Å². The molecule has 0 aliphatic carbocycles. The number of rotatable bonds is 9. The fourth-order valence-corrected chi connectivity index (χ4v) is 1.78. The second-order valence-electron chi connectivity index (χ2n) is 4.08. The summed E-state index contributed by atoms with van der Waals surface area (Å²) in [6.07, 6.45) is 8.80. The Kier molecular flexibility index (Phi) is 9.42. The number of ether oxygens (including phenoxy) is 1. The van der Waals surface area contributed by atoms with Crippen LogP contribution in [0.3, 0.4) is 0 Å². The van der Waals surface area contributed by atoms with E-state index in [4.69, 9.17) is 10.5 Å². The van der Waals surface area contributed by atoms with Gasteiger partial charge >= 0.3 is 0 Å². The van der Waals surface area contributed by atoms with Crippen molar-refractivity contribution in [2.75, 3.05) is 7.11 Å². The number of unbranched alkanes of at least 4 members (excludes halogenated alkanes) is 3. The molecule has 0 aromatic rings. The molecular formula is C12H27NO. The average Bonchev–Trinajstić information content (AvgIpc) is 2.20. The lowest BCUT2D eigenvalue weighted by Crippen LogP contribution is -2.35. The summed E-state index contributed by atoms with van der Waals surface area (Å²) in [4.78, 5) is 0. The smallest absolute Gasteiger partial charge is 0.0722 e. The Labute approximate surface area is 89.2 Å². The highest BCUT2D eigenvalue weighted by molar-refractivity contribution is 4.72. The van der Waals surface area contributed by atoms with Gasteiger partial charge in [-0.2, -0.15) is 0 Å². The SMILES string of the molecule is CCCCCCC(N)C(CCC)OC. The highest BCUT2D eigenvalue weighted by Crippen LogP contribution is 2.11. The van der Waals surface area contributed by atoms with Gasteiger partial charge < -0.3 is 10.5 Å². The minimum absolute atomic E-state index is 0.233. The largest absolute Gasteiger partial charge is 0.380 e. The second-order valence-corrected chi connectivity index (χ2v) is 4.08. The van der Waals surface area contributed by atoms with Gasteiger partial charge in [-0.25, -0.2) is 0 Å². The molecule has 0 aliphatic rings. The van der Waals surface area contributed by atoms with E-state index in [1.807, 2.05) is 0 Å². The lowest BCUT2D eigenvalue weighted by Gasteiger charge is -2.21. The van der Waals surface area contributed by atoms with Crippen LogP contribution in [-0.2, 0) is 4.74 Å². The van der Waals surface area contributed by atoms with Crippen molar-refractivity contribution < 1.29 is 4.74 Å². The molecule has 2 atom stereocenters.